The van der Waals surface area contributed by atoms with Gasteiger partial charge in [0.15, 0.2) is 0 Å². The summed E-state index contributed by atoms with van der Waals surface area (Å²) in [6, 6.07) is 6.35. The molecular weight excluding hydrogens is 437 g/mol. The Kier molecular flexibility index (Phi) is 5.48. The maximum Gasteiger partial charge on any atom is 0.418 e. The van der Waals surface area contributed by atoms with Crippen molar-refractivity contribution in [3.8, 4) is 10.6 Å². The summed E-state index contributed by atoms with van der Waals surface area (Å²) in [5.41, 5.74) is 6.47. The SMILES string of the molecule is NCCCCc1c(-c2ccc(Br)s2)[nH]c2c(C(F)(F)F)cc(Cl)cc12. The number of nitrogens with two attached hydrogens (primary N) is 1. The molecule has 3 N–H and O–H groups in total. The van der Waals surface area contributed by atoms with Crippen LogP contribution >= 0.6 is 38.9 Å². The van der Waals surface area contributed by atoms with Crippen LogP contribution in [0.5, 0.6) is 0 Å². The van der Waals surface area contributed by atoms with Gasteiger partial charge in [0.05, 0.1) is 25.4 Å². The van der Waals surface area contributed by atoms with Crippen molar-refractivity contribution in [2.24, 2.45) is 5.73 Å². The fourth-order valence-electron chi connectivity index (χ4n) is 2.90. The van der Waals surface area contributed by atoms with Crippen LogP contribution in [0, 0.1) is 0 Å². The zero-order chi connectivity index (χ0) is 18.2. The van der Waals surface area contributed by atoms with E-state index in [2.05, 4.69) is 20.9 Å². The van der Waals surface area contributed by atoms with E-state index < -0.39 is 11.7 Å². The van der Waals surface area contributed by atoms with Crippen molar-refractivity contribution < 1.29 is 13.2 Å². The third kappa shape index (κ3) is 3.89. The van der Waals surface area contributed by atoms with Crippen molar-refractivity contribution in [2.45, 2.75) is 25.4 Å². The van der Waals surface area contributed by atoms with Gasteiger partial charge in [0, 0.05) is 10.4 Å². The number of unbranched alkanes of at least 4 members (excludes halogenated alkanes) is 1. The molecule has 0 bridgehead atoms. The van der Waals surface area contributed by atoms with E-state index in [1.165, 1.54) is 11.3 Å². The van der Waals surface area contributed by atoms with E-state index in [9.17, 15) is 13.2 Å². The molecule has 0 amide bonds. The first kappa shape index (κ1) is 18.8. The van der Waals surface area contributed by atoms with E-state index in [1.54, 1.807) is 6.07 Å². The molecule has 0 radical (unpaired) electrons. The first-order chi connectivity index (χ1) is 11.8. The van der Waals surface area contributed by atoms with Crippen molar-refractivity contribution in [3.63, 3.8) is 0 Å². The van der Waals surface area contributed by atoms with E-state index in [1.807, 2.05) is 12.1 Å². The second-order valence-electron chi connectivity index (χ2n) is 5.70. The predicted octanol–water partition coefficient (Wildman–Crippen LogP) is 6.61. The zero-order valence-electron chi connectivity index (χ0n) is 13.0. The summed E-state index contributed by atoms with van der Waals surface area (Å²) in [5.74, 6) is 0. The second kappa shape index (κ2) is 7.31. The van der Waals surface area contributed by atoms with Gasteiger partial charge in [-0.15, -0.1) is 11.3 Å². The monoisotopic (exact) mass is 450 g/mol. The molecule has 134 valence electrons. The standard InChI is InChI=1S/C17H15BrClF3N2S/c18-14-5-4-13(25-14)16-10(3-1-2-6-23)11-7-9(19)8-12(15(11)24-16)17(20,21)22/h4-5,7-8,24H,1-3,6,23H2. The molecule has 2 aromatic heterocycles. The topological polar surface area (TPSA) is 41.8 Å². The number of H-pyrrole nitrogens is 1. The molecule has 0 aliphatic carbocycles. The average Bonchev–Trinajstić information content (AvgIpc) is 3.10. The summed E-state index contributed by atoms with van der Waals surface area (Å²) < 4.78 is 41.3. The van der Waals surface area contributed by atoms with E-state index in [4.69, 9.17) is 17.3 Å². The van der Waals surface area contributed by atoms with E-state index >= 15 is 0 Å². The number of nitrogens with one attached hydrogen (secondary N) is 1. The maximum absolute atomic E-state index is 13.5. The van der Waals surface area contributed by atoms with Crippen LogP contribution in [0.4, 0.5) is 13.2 Å². The Morgan fingerprint density at radius 1 is 1.20 bits per heavy atom. The summed E-state index contributed by atoms with van der Waals surface area (Å²) in [6.45, 7) is 0.552. The number of aromatic amines is 1. The lowest BCUT2D eigenvalue weighted by molar-refractivity contribution is -0.136. The quantitative estimate of drug-likeness (QED) is 0.421. The third-order valence-electron chi connectivity index (χ3n) is 3.99. The molecule has 2 nitrogen and oxygen atoms in total. The number of alkyl halides is 3. The molecule has 8 heteroatoms. The minimum absolute atomic E-state index is 0.0813. The largest absolute Gasteiger partial charge is 0.418 e. The van der Waals surface area contributed by atoms with Gasteiger partial charge in [-0.05, 0) is 71.6 Å². The Balaban J connectivity index is 2.24. The molecule has 0 fully saturated rings. The lowest BCUT2D eigenvalue weighted by Crippen LogP contribution is -2.05. The summed E-state index contributed by atoms with van der Waals surface area (Å²) in [7, 11) is 0. The first-order valence-electron chi connectivity index (χ1n) is 7.68. The smallest absolute Gasteiger partial charge is 0.353 e. The van der Waals surface area contributed by atoms with Crippen molar-refractivity contribution >= 4 is 49.8 Å². The minimum Gasteiger partial charge on any atom is -0.353 e. The molecule has 0 atom stereocenters. The minimum atomic E-state index is -4.48. The lowest BCUT2D eigenvalue weighted by atomic mass is 10.0. The van der Waals surface area contributed by atoms with E-state index in [-0.39, 0.29) is 10.5 Å². The highest BCUT2D eigenvalue weighted by Gasteiger charge is 2.34. The lowest BCUT2D eigenvalue weighted by Gasteiger charge is -2.09. The van der Waals surface area contributed by atoms with Crippen molar-refractivity contribution in [3.05, 3.63) is 44.2 Å². The van der Waals surface area contributed by atoms with Gasteiger partial charge < -0.3 is 10.7 Å². The van der Waals surface area contributed by atoms with Gasteiger partial charge in [0.25, 0.3) is 0 Å². The van der Waals surface area contributed by atoms with Gasteiger partial charge in [-0.3, -0.25) is 0 Å². The Hall–Kier alpha value is -1.02. The number of rotatable bonds is 5. The predicted molar refractivity (Wildman–Crippen MR) is 101 cm³/mol. The number of fused-ring (bicyclic) bond motifs is 1. The number of aromatic nitrogens is 1. The van der Waals surface area contributed by atoms with Gasteiger partial charge in [-0.2, -0.15) is 13.2 Å². The fraction of sp³-hybridized carbons (Fsp3) is 0.294. The van der Waals surface area contributed by atoms with E-state index in [0.29, 0.717) is 18.4 Å². The van der Waals surface area contributed by atoms with Crippen LogP contribution in [-0.2, 0) is 12.6 Å². The number of hydrogen-bond acceptors (Lipinski definition) is 2. The van der Waals surface area contributed by atoms with Crippen LogP contribution in [-0.4, -0.2) is 11.5 Å². The van der Waals surface area contributed by atoms with Crippen molar-refractivity contribution in [2.75, 3.05) is 6.54 Å². The fourth-order valence-corrected chi connectivity index (χ4v) is 4.54. The molecule has 2 heterocycles. The van der Waals surface area contributed by atoms with Crippen LogP contribution in [0.15, 0.2) is 28.1 Å². The maximum atomic E-state index is 13.5. The number of hydrogen-bond donors (Lipinski definition) is 2. The van der Waals surface area contributed by atoms with Gasteiger partial charge in [0.2, 0.25) is 0 Å². The Morgan fingerprint density at radius 3 is 2.56 bits per heavy atom. The van der Waals surface area contributed by atoms with Crippen LogP contribution in [0.1, 0.15) is 24.0 Å². The first-order valence-corrected chi connectivity index (χ1v) is 9.67. The highest BCUT2D eigenvalue weighted by Crippen LogP contribution is 2.42. The summed E-state index contributed by atoms with van der Waals surface area (Å²) in [4.78, 5) is 3.89. The highest BCUT2D eigenvalue weighted by molar-refractivity contribution is 9.11. The van der Waals surface area contributed by atoms with Crippen molar-refractivity contribution in [1.82, 2.24) is 4.98 Å². The van der Waals surface area contributed by atoms with Gasteiger partial charge in [-0.25, -0.2) is 0 Å². The number of halogens is 5. The Labute approximate surface area is 160 Å². The van der Waals surface area contributed by atoms with Gasteiger partial charge in [0.1, 0.15) is 0 Å². The van der Waals surface area contributed by atoms with Gasteiger partial charge >= 0.3 is 6.18 Å². The molecular formula is C17H15BrClF3N2S. The summed E-state index contributed by atoms with van der Waals surface area (Å²) in [6.07, 6.45) is -2.22. The van der Waals surface area contributed by atoms with Crippen LogP contribution in [0.25, 0.3) is 21.5 Å². The summed E-state index contributed by atoms with van der Waals surface area (Å²) in [5, 5.41) is 0.606. The average molecular weight is 452 g/mol. The molecule has 3 aromatic rings. The molecule has 25 heavy (non-hydrogen) atoms. The van der Waals surface area contributed by atoms with Crippen molar-refractivity contribution in [1.29, 1.82) is 0 Å². The zero-order valence-corrected chi connectivity index (χ0v) is 16.2. The normalized spacial score (nSPS) is 12.2. The summed E-state index contributed by atoms with van der Waals surface area (Å²) >= 11 is 10.9. The molecule has 1 aromatic carbocycles. The van der Waals surface area contributed by atoms with Crippen LogP contribution in [0.3, 0.4) is 0 Å². The third-order valence-corrected chi connectivity index (χ3v) is 5.85. The second-order valence-corrected chi connectivity index (χ2v) is 8.60. The molecule has 0 spiro atoms. The van der Waals surface area contributed by atoms with Crippen LogP contribution < -0.4 is 5.73 Å². The molecule has 0 unspecified atom stereocenters. The molecule has 0 aliphatic rings. The number of benzene rings is 1. The molecule has 0 aliphatic heterocycles. The van der Waals surface area contributed by atoms with Crippen LogP contribution in [0.2, 0.25) is 5.02 Å². The molecule has 0 saturated carbocycles. The highest BCUT2D eigenvalue weighted by atomic mass is 79.9. The van der Waals surface area contributed by atoms with E-state index in [0.717, 1.165) is 38.8 Å². The number of aryl methyl sites for hydroxylation is 1. The van der Waals surface area contributed by atoms with Gasteiger partial charge in [-0.1, -0.05) is 11.6 Å². The number of thiophene rings is 1. The Morgan fingerprint density at radius 2 is 1.96 bits per heavy atom. The Bertz CT molecular complexity index is 901. The molecule has 3 rings (SSSR count). The molecule has 0 saturated heterocycles.